The Labute approximate surface area is 152 Å². The number of thioether (sulfide) groups is 1. The molecule has 1 saturated heterocycles. The van der Waals surface area contributed by atoms with Gasteiger partial charge in [0.2, 0.25) is 23.6 Å². The predicted octanol–water partition coefficient (Wildman–Crippen LogP) is 0.0439. The molecule has 0 aliphatic carbocycles. The molecule has 3 N–H and O–H groups in total. The quantitative estimate of drug-likeness (QED) is 0.494. The first-order chi connectivity index (χ1) is 11.7. The second-order valence-corrected chi connectivity index (χ2v) is 7.59. The van der Waals surface area contributed by atoms with Crippen molar-refractivity contribution in [3.05, 3.63) is 0 Å². The SMILES string of the molecule is CCOC(C)(C)CCNC(=O)CCN1C(=O)CC(SCC(N)=O)C1=O. The monoisotopic (exact) mass is 373 g/mol. The van der Waals surface area contributed by atoms with E-state index in [1.807, 2.05) is 20.8 Å². The number of primary amides is 1. The highest BCUT2D eigenvalue weighted by atomic mass is 32.2. The summed E-state index contributed by atoms with van der Waals surface area (Å²) < 4.78 is 5.55. The van der Waals surface area contributed by atoms with E-state index in [2.05, 4.69) is 5.32 Å². The summed E-state index contributed by atoms with van der Waals surface area (Å²) in [5.41, 5.74) is 4.74. The topological polar surface area (TPSA) is 119 Å². The van der Waals surface area contributed by atoms with Crippen LogP contribution < -0.4 is 11.1 Å². The number of nitrogens with one attached hydrogen (secondary N) is 1. The van der Waals surface area contributed by atoms with E-state index in [0.717, 1.165) is 16.7 Å². The highest BCUT2D eigenvalue weighted by molar-refractivity contribution is 8.01. The maximum Gasteiger partial charge on any atom is 0.242 e. The van der Waals surface area contributed by atoms with Crippen LogP contribution in [0.15, 0.2) is 0 Å². The van der Waals surface area contributed by atoms with Gasteiger partial charge < -0.3 is 15.8 Å². The molecular weight excluding hydrogens is 346 g/mol. The van der Waals surface area contributed by atoms with Crippen LogP contribution in [0.1, 0.15) is 40.0 Å². The van der Waals surface area contributed by atoms with Crippen molar-refractivity contribution < 1.29 is 23.9 Å². The molecule has 0 aromatic heterocycles. The molecule has 1 rings (SSSR count). The summed E-state index contributed by atoms with van der Waals surface area (Å²) in [6.45, 7) is 6.94. The van der Waals surface area contributed by atoms with Crippen LogP contribution >= 0.6 is 11.8 Å². The van der Waals surface area contributed by atoms with Crippen LogP contribution in [0.2, 0.25) is 0 Å². The lowest BCUT2D eigenvalue weighted by Crippen LogP contribution is -2.37. The Kier molecular flexibility index (Phi) is 8.37. The Hall–Kier alpha value is -1.61. The first-order valence-corrected chi connectivity index (χ1v) is 9.36. The van der Waals surface area contributed by atoms with E-state index in [9.17, 15) is 19.2 Å². The van der Waals surface area contributed by atoms with Gasteiger partial charge in [-0.1, -0.05) is 0 Å². The van der Waals surface area contributed by atoms with Crippen LogP contribution in [0.5, 0.6) is 0 Å². The normalized spacial score (nSPS) is 17.9. The number of likely N-dealkylation sites (tertiary alicyclic amines) is 1. The van der Waals surface area contributed by atoms with Crippen molar-refractivity contribution in [3.63, 3.8) is 0 Å². The molecule has 0 spiro atoms. The third-order valence-corrected chi connectivity index (χ3v) is 5.00. The van der Waals surface area contributed by atoms with Crippen molar-refractivity contribution in [2.75, 3.05) is 25.4 Å². The van der Waals surface area contributed by atoms with Gasteiger partial charge in [-0.25, -0.2) is 0 Å². The first-order valence-electron chi connectivity index (χ1n) is 8.31. The van der Waals surface area contributed by atoms with Crippen LogP contribution in [0.3, 0.4) is 0 Å². The van der Waals surface area contributed by atoms with Gasteiger partial charge in [0.25, 0.3) is 0 Å². The summed E-state index contributed by atoms with van der Waals surface area (Å²) in [4.78, 5) is 47.8. The second kappa shape index (κ2) is 9.76. The Balaban J connectivity index is 2.34. The van der Waals surface area contributed by atoms with Crippen molar-refractivity contribution in [1.29, 1.82) is 0 Å². The van der Waals surface area contributed by atoms with E-state index >= 15 is 0 Å². The van der Waals surface area contributed by atoms with Gasteiger partial charge in [-0.05, 0) is 27.2 Å². The summed E-state index contributed by atoms with van der Waals surface area (Å²) in [6, 6.07) is 0. The number of hydrogen-bond donors (Lipinski definition) is 2. The van der Waals surface area contributed by atoms with Gasteiger partial charge in [-0.3, -0.25) is 24.1 Å². The molecule has 0 radical (unpaired) electrons. The molecule has 1 aliphatic heterocycles. The maximum absolute atomic E-state index is 12.1. The summed E-state index contributed by atoms with van der Waals surface area (Å²) in [5, 5.41) is 2.18. The lowest BCUT2D eigenvalue weighted by molar-refractivity contribution is -0.138. The molecule has 25 heavy (non-hydrogen) atoms. The van der Waals surface area contributed by atoms with Crippen molar-refractivity contribution >= 4 is 35.4 Å². The lowest BCUT2D eigenvalue weighted by atomic mass is 10.1. The standard InChI is InChI=1S/C16H27N3O5S/c1-4-24-16(2,3)6-7-18-13(21)5-8-19-14(22)9-11(15(19)23)25-10-12(17)20/h11H,4-10H2,1-3H3,(H2,17,20)(H,18,21). The Morgan fingerprint density at radius 1 is 1.40 bits per heavy atom. The molecule has 9 heteroatoms. The predicted molar refractivity (Wildman–Crippen MR) is 94.7 cm³/mol. The van der Waals surface area contributed by atoms with E-state index in [0.29, 0.717) is 19.6 Å². The average molecular weight is 373 g/mol. The third-order valence-electron chi connectivity index (χ3n) is 3.78. The van der Waals surface area contributed by atoms with Crippen molar-refractivity contribution in [2.45, 2.75) is 50.9 Å². The minimum absolute atomic E-state index is 0.00632. The molecule has 1 aliphatic rings. The van der Waals surface area contributed by atoms with Crippen LogP contribution in [0.4, 0.5) is 0 Å². The molecule has 142 valence electrons. The molecule has 0 aromatic carbocycles. The van der Waals surface area contributed by atoms with Gasteiger partial charge in [-0.15, -0.1) is 11.8 Å². The molecule has 4 amide bonds. The number of rotatable bonds is 11. The van der Waals surface area contributed by atoms with Gasteiger partial charge in [0.1, 0.15) is 0 Å². The fraction of sp³-hybridized carbons (Fsp3) is 0.750. The maximum atomic E-state index is 12.1. The molecule has 0 saturated carbocycles. The minimum atomic E-state index is -0.588. The zero-order valence-electron chi connectivity index (χ0n) is 15.0. The molecule has 0 aromatic rings. The van der Waals surface area contributed by atoms with Gasteiger partial charge in [0, 0.05) is 32.5 Å². The number of hydrogen-bond acceptors (Lipinski definition) is 6. The Morgan fingerprint density at radius 3 is 2.68 bits per heavy atom. The van der Waals surface area contributed by atoms with Gasteiger partial charge in [0.05, 0.1) is 16.6 Å². The zero-order chi connectivity index (χ0) is 19.0. The highest BCUT2D eigenvalue weighted by Crippen LogP contribution is 2.25. The smallest absolute Gasteiger partial charge is 0.242 e. The third kappa shape index (κ3) is 7.43. The van der Waals surface area contributed by atoms with Crippen molar-refractivity contribution in [3.8, 4) is 0 Å². The molecule has 1 fully saturated rings. The second-order valence-electron chi connectivity index (χ2n) is 6.40. The number of nitrogens with zero attached hydrogens (tertiary/aromatic N) is 1. The summed E-state index contributed by atoms with van der Waals surface area (Å²) in [6.07, 6.45) is 0.765. The minimum Gasteiger partial charge on any atom is -0.376 e. The summed E-state index contributed by atoms with van der Waals surface area (Å²) in [7, 11) is 0. The van der Waals surface area contributed by atoms with E-state index in [4.69, 9.17) is 10.5 Å². The van der Waals surface area contributed by atoms with Crippen LogP contribution in [0, 0.1) is 0 Å². The number of carbonyl (C=O) groups excluding carboxylic acids is 4. The van der Waals surface area contributed by atoms with Crippen LogP contribution in [-0.2, 0) is 23.9 Å². The molecule has 8 nitrogen and oxygen atoms in total. The Morgan fingerprint density at radius 2 is 2.08 bits per heavy atom. The molecule has 1 unspecified atom stereocenters. The van der Waals surface area contributed by atoms with Crippen LogP contribution in [0.25, 0.3) is 0 Å². The lowest BCUT2D eigenvalue weighted by Gasteiger charge is -2.24. The van der Waals surface area contributed by atoms with E-state index in [-0.39, 0.29) is 48.5 Å². The van der Waals surface area contributed by atoms with Gasteiger partial charge in [-0.2, -0.15) is 0 Å². The van der Waals surface area contributed by atoms with Crippen molar-refractivity contribution in [1.82, 2.24) is 10.2 Å². The van der Waals surface area contributed by atoms with E-state index < -0.39 is 11.2 Å². The molecular formula is C16H27N3O5S. The number of ether oxygens (including phenoxy) is 1. The fourth-order valence-corrected chi connectivity index (χ4v) is 3.36. The largest absolute Gasteiger partial charge is 0.376 e. The van der Waals surface area contributed by atoms with Gasteiger partial charge >= 0.3 is 0 Å². The number of imide groups is 1. The highest BCUT2D eigenvalue weighted by Gasteiger charge is 2.38. The number of carbonyl (C=O) groups is 4. The molecule has 1 atom stereocenters. The molecule has 1 heterocycles. The number of amides is 4. The average Bonchev–Trinajstić information content (AvgIpc) is 2.77. The number of nitrogens with two attached hydrogens (primary N) is 1. The zero-order valence-corrected chi connectivity index (χ0v) is 15.8. The van der Waals surface area contributed by atoms with E-state index in [1.165, 1.54) is 0 Å². The summed E-state index contributed by atoms with van der Waals surface area (Å²) >= 11 is 1.06. The van der Waals surface area contributed by atoms with E-state index in [1.54, 1.807) is 0 Å². The summed E-state index contributed by atoms with van der Waals surface area (Å²) in [5.74, 6) is -1.44. The Bertz CT molecular complexity index is 524. The van der Waals surface area contributed by atoms with Gasteiger partial charge in [0.15, 0.2) is 0 Å². The van der Waals surface area contributed by atoms with Crippen molar-refractivity contribution in [2.24, 2.45) is 5.73 Å². The fourth-order valence-electron chi connectivity index (χ4n) is 2.47. The molecule has 0 bridgehead atoms. The first kappa shape index (κ1) is 21.4. The van der Waals surface area contributed by atoms with Crippen LogP contribution in [-0.4, -0.2) is 64.8 Å².